The van der Waals surface area contributed by atoms with Crippen molar-refractivity contribution in [1.29, 1.82) is 0 Å². The molecule has 0 amide bonds. The Morgan fingerprint density at radius 2 is 0.467 bits per heavy atom. The highest BCUT2D eigenvalue weighted by Crippen LogP contribution is 2.37. The van der Waals surface area contributed by atoms with Crippen LogP contribution in [0.2, 0.25) is 0 Å². The molecule has 6 heterocycles. The summed E-state index contributed by atoms with van der Waals surface area (Å²) in [7, 11) is -15.3. The average Bonchev–Trinajstić information content (AvgIpc) is 0.786. The molecule has 30 atom stereocenters. The monoisotopic (exact) mass is 1560 g/mol. The second-order valence-corrected chi connectivity index (χ2v) is 29.9. The van der Waals surface area contributed by atoms with E-state index in [1.54, 1.807) is 0 Å². The van der Waals surface area contributed by atoms with E-state index in [0.717, 1.165) is 72.8 Å². The van der Waals surface area contributed by atoms with Gasteiger partial charge < -0.3 is 164 Å². The van der Waals surface area contributed by atoms with Crippen molar-refractivity contribution in [2.45, 2.75) is 199 Å². The smallest absolute Gasteiger partial charge is 0.261 e. The summed E-state index contributed by atoms with van der Waals surface area (Å²) < 4.78 is 160. The van der Waals surface area contributed by atoms with Gasteiger partial charge in [0.2, 0.25) is 18.9 Å². The number of benzene rings is 4. The van der Waals surface area contributed by atoms with Gasteiger partial charge in [0, 0.05) is 17.1 Å². The van der Waals surface area contributed by atoms with Gasteiger partial charge in [-0.25, -0.2) is 25.3 Å². The van der Waals surface area contributed by atoms with Crippen LogP contribution < -0.4 is 28.4 Å². The van der Waals surface area contributed by atoms with Gasteiger partial charge in [0.1, 0.15) is 164 Å². The summed E-state index contributed by atoms with van der Waals surface area (Å²) in [6.45, 7) is -5.28. The summed E-state index contributed by atoms with van der Waals surface area (Å²) in [5, 5.41) is 219. The fourth-order valence-electron chi connectivity index (χ4n) is 11.8. The molecule has 588 valence electrons. The Bertz CT molecular complexity index is 3430. The summed E-state index contributed by atoms with van der Waals surface area (Å²) in [4.78, 5) is -3.02. The zero-order valence-corrected chi connectivity index (χ0v) is 56.6. The molecule has 0 aromatic heterocycles. The van der Waals surface area contributed by atoms with E-state index in [9.17, 15) is 132 Å². The van der Waals surface area contributed by atoms with Crippen molar-refractivity contribution in [3.8, 4) is 17.2 Å². The van der Waals surface area contributed by atoms with E-state index in [4.69, 9.17) is 56.8 Å². The third-order valence-electron chi connectivity index (χ3n) is 17.7. The molecule has 6 aliphatic rings. The molecule has 0 bridgehead atoms. The summed E-state index contributed by atoms with van der Waals surface area (Å²) in [5.41, 5.74) is -0.889. The van der Waals surface area contributed by atoms with E-state index in [2.05, 4.69) is 14.2 Å². The molecule has 0 saturated carbocycles. The lowest BCUT2D eigenvalue weighted by Gasteiger charge is -2.45. The Morgan fingerprint density at radius 1 is 0.267 bits per heavy atom. The molecule has 45 heteroatoms. The Kier molecular flexibility index (Phi) is 26.6. The van der Waals surface area contributed by atoms with Crippen molar-refractivity contribution in [2.75, 3.05) is 53.8 Å². The lowest BCUT2D eigenvalue weighted by molar-refractivity contribution is -0.352. The molecule has 105 heavy (non-hydrogen) atoms. The number of hydrogen-bond acceptors (Lipinski definition) is 39. The molecule has 0 radical (unpaired) electrons. The molecule has 24 N–H and O–H groups in total. The third kappa shape index (κ3) is 18.0. The Labute approximate surface area is 595 Å². The zero-order valence-electron chi connectivity index (χ0n) is 54.2. The summed E-state index contributed by atoms with van der Waals surface area (Å²) >= 11 is 0. The number of ether oxygens (including phenoxy) is 12. The van der Waals surface area contributed by atoms with Crippen LogP contribution in [0.3, 0.4) is 0 Å². The standard InChI is InChI=1S/C60H81N3O39S3/c64-16-31-37(70)40(73)46(79)58(94-31)100-52-34(19-67)97-55(49(82)43(52)76)91-25-7-1-22(2-8-25)61-103(85,86)28-13-29(104(87,88)62-23-3-9-26(10-4-23)92-56-50(83)44(77)53(35(20-68)98-56)101-59-47(80)41(74)38(71)32(17-65)95-59)15-30(14-28)105(89,90)63-24-5-11-27(12-6-24)93-57-51(84)45(78)54(36(21-69)99-57)102-60-48(81)42(75)39(72)33(18-66)96-60/h1-15,31-84H,16-21H2/t31-,32-,33-,34-,35-,36-,37-,38-,39-,40+,41+,42+,43-,44-,45-,46-,47-,48-,49-,50-,51-,52-,53-,54-,55-,56-,57-,58-,59-,60-/m1/s1. The second kappa shape index (κ2) is 34.1. The number of aliphatic hydroxyl groups is 21. The van der Waals surface area contributed by atoms with Gasteiger partial charge in [0.15, 0.2) is 18.9 Å². The minimum Gasteiger partial charge on any atom is -0.462 e. The van der Waals surface area contributed by atoms with Crippen LogP contribution in [-0.4, -0.2) is 356 Å². The summed E-state index contributed by atoms with van der Waals surface area (Å²) in [6, 6.07) is 14.9. The molecule has 6 aliphatic heterocycles. The van der Waals surface area contributed by atoms with Crippen molar-refractivity contribution in [1.82, 2.24) is 0 Å². The van der Waals surface area contributed by atoms with Crippen LogP contribution in [0.4, 0.5) is 17.1 Å². The molecular weight excluding hydrogens is 1480 g/mol. The highest BCUT2D eigenvalue weighted by molar-refractivity contribution is 7.94. The van der Waals surface area contributed by atoms with Crippen molar-refractivity contribution in [2.24, 2.45) is 0 Å². The maximum atomic E-state index is 14.4. The van der Waals surface area contributed by atoms with Crippen LogP contribution in [0.15, 0.2) is 106 Å². The van der Waals surface area contributed by atoms with Crippen molar-refractivity contribution >= 4 is 47.1 Å². The van der Waals surface area contributed by atoms with Gasteiger partial charge in [-0.3, -0.25) is 14.2 Å². The Balaban J connectivity index is 0.851. The highest BCUT2D eigenvalue weighted by Gasteiger charge is 2.55. The van der Waals surface area contributed by atoms with E-state index >= 15 is 0 Å². The number of anilines is 3. The summed E-state index contributed by atoms with van der Waals surface area (Å²) in [5.74, 6) is -0.562. The van der Waals surface area contributed by atoms with Gasteiger partial charge in [0.25, 0.3) is 30.1 Å². The largest absolute Gasteiger partial charge is 0.462 e. The van der Waals surface area contributed by atoms with Crippen molar-refractivity contribution < 1.29 is 189 Å². The minimum absolute atomic E-state index is 0.187. The maximum absolute atomic E-state index is 14.4. The molecule has 42 nitrogen and oxygen atoms in total. The first-order valence-electron chi connectivity index (χ1n) is 32.0. The van der Waals surface area contributed by atoms with E-state index in [1.165, 1.54) is 0 Å². The van der Waals surface area contributed by atoms with Crippen molar-refractivity contribution in [3.05, 3.63) is 91.0 Å². The number of nitrogens with one attached hydrogen (secondary N) is 3. The SMILES string of the molecule is O=S(=O)(Nc1ccc(O[C@@H]2O[C@H](CO)[C@@H](O[C@H]3O[C@H](CO)[C@@H](O)[C@H](O)[C@H]3O)[C@H](O)[C@H]2O)cc1)c1cc(S(=O)(=O)Nc2ccc(O[C@@H]3O[C@H](CO)[C@@H](O[C@H]4O[C@H](CO)[C@@H](O)[C@H](O)[C@H]4O)[C@H](O)[C@H]3O)cc2)cc(S(=O)(=O)Nc2ccc(O[C@@H]3O[C@H](CO)[C@@H](O[C@H]4O[C@H](CO)[C@@H](O)[C@H](O)[C@H]4O)[C@H](O)[C@H]3O)cc2)c1. The molecule has 0 aliphatic carbocycles. The molecule has 10 rings (SSSR count). The lowest BCUT2D eigenvalue weighted by Crippen LogP contribution is -2.65. The van der Waals surface area contributed by atoms with Crippen LogP contribution in [0, 0.1) is 0 Å². The van der Waals surface area contributed by atoms with E-state index < -0.39 is 269 Å². The van der Waals surface area contributed by atoms with Crippen molar-refractivity contribution in [3.63, 3.8) is 0 Å². The van der Waals surface area contributed by atoms with Gasteiger partial charge in [-0.15, -0.1) is 0 Å². The predicted octanol–water partition coefficient (Wildman–Crippen LogP) is -10.9. The molecule has 0 spiro atoms. The van der Waals surface area contributed by atoms with Gasteiger partial charge in [-0.1, -0.05) is 0 Å². The molecule has 6 saturated heterocycles. The fraction of sp³-hybridized carbons (Fsp3) is 0.600. The van der Waals surface area contributed by atoms with Crippen LogP contribution >= 0.6 is 0 Å². The zero-order chi connectivity index (χ0) is 76.5. The predicted molar refractivity (Wildman–Crippen MR) is 339 cm³/mol. The summed E-state index contributed by atoms with van der Waals surface area (Å²) in [6.07, 6.45) is -53.8. The van der Waals surface area contributed by atoms with Gasteiger partial charge in [-0.05, 0) is 91.0 Å². The highest BCUT2D eigenvalue weighted by atomic mass is 32.2. The number of hydrogen-bond donors (Lipinski definition) is 24. The van der Waals surface area contributed by atoms with E-state index in [-0.39, 0.29) is 34.3 Å². The first kappa shape index (κ1) is 81.8. The molecule has 6 fully saturated rings. The number of aliphatic hydroxyl groups excluding tert-OH is 21. The average molecular weight is 1560 g/mol. The molecule has 0 unspecified atom stereocenters. The Morgan fingerprint density at radius 3 is 0.676 bits per heavy atom. The van der Waals surface area contributed by atoms with Gasteiger partial charge >= 0.3 is 0 Å². The Hall–Kier alpha value is -5.67. The lowest BCUT2D eigenvalue weighted by atomic mass is 9.97. The van der Waals surface area contributed by atoms with Crippen LogP contribution in [0.25, 0.3) is 0 Å². The van der Waals surface area contributed by atoms with Crippen LogP contribution in [-0.2, 0) is 72.7 Å². The van der Waals surface area contributed by atoms with Crippen LogP contribution in [0.5, 0.6) is 17.2 Å². The molecular formula is C60H81N3O39S3. The van der Waals surface area contributed by atoms with Gasteiger partial charge in [-0.2, -0.15) is 0 Å². The van der Waals surface area contributed by atoms with Crippen LogP contribution in [0.1, 0.15) is 0 Å². The number of sulfonamides is 3. The maximum Gasteiger partial charge on any atom is 0.261 e. The second-order valence-electron chi connectivity index (χ2n) is 24.9. The molecule has 4 aromatic rings. The first-order chi connectivity index (χ1) is 49.7. The van der Waals surface area contributed by atoms with E-state index in [1.807, 2.05) is 0 Å². The number of rotatable bonds is 27. The van der Waals surface area contributed by atoms with Gasteiger partial charge in [0.05, 0.1) is 54.3 Å². The molecule has 4 aromatic carbocycles. The van der Waals surface area contributed by atoms with E-state index in [0.29, 0.717) is 18.2 Å². The first-order valence-corrected chi connectivity index (χ1v) is 36.4. The quantitative estimate of drug-likeness (QED) is 0.0264. The minimum atomic E-state index is -5.09. The topological polar surface area (TPSA) is 674 Å². The fourth-order valence-corrected chi connectivity index (χ4v) is 15.4. The third-order valence-corrected chi connectivity index (χ3v) is 21.8. The normalized spacial score (nSPS) is 38.5.